The van der Waals surface area contributed by atoms with Crippen LogP contribution in [0.25, 0.3) is 0 Å². The molecule has 0 saturated heterocycles. The first kappa shape index (κ1) is 12.8. The average molecular weight is 236 g/mol. The van der Waals surface area contributed by atoms with Crippen LogP contribution in [-0.2, 0) is 0 Å². The van der Waals surface area contributed by atoms with E-state index in [0.717, 1.165) is 6.42 Å². The van der Waals surface area contributed by atoms with Gasteiger partial charge in [-0.1, -0.05) is 24.2 Å². The molecule has 1 aromatic carbocycles. The number of para-hydroxylation sites is 1. The van der Waals surface area contributed by atoms with Crippen molar-refractivity contribution in [1.82, 2.24) is 5.32 Å². The third-order valence-electron chi connectivity index (χ3n) is 2.09. The first-order valence-electron chi connectivity index (χ1n) is 5.30. The number of hydrogen-bond acceptors (Lipinski definition) is 3. The van der Waals surface area contributed by atoms with Crippen molar-refractivity contribution in [2.75, 3.05) is 11.9 Å². The Morgan fingerprint density at radius 3 is 2.82 bits per heavy atom. The van der Waals surface area contributed by atoms with Crippen LogP contribution in [0.15, 0.2) is 29.4 Å². The highest BCUT2D eigenvalue weighted by Crippen LogP contribution is 2.14. The monoisotopic (exact) mass is 236 g/mol. The Morgan fingerprint density at radius 2 is 2.18 bits per heavy atom. The number of anilines is 1. The van der Waals surface area contributed by atoms with Crippen LogP contribution in [0.1, 0.15) is 18.9 Å². The van der Waals surface area contributed by atoms with Crippen molar-refractivity contribution in [3.63, 3.8) is 0 Å². The van der Waals surface area contributed by atoms with Crippen molar-refractivity contribution in [1.29, 1.82) is 0 Å². The zero-order chi connectivity index (χ0) is 12.7. The summed E-state index contributed by atoms with van der Waals surface area (Å²) in [5.74, 6) is -0.0450. The molecule has 1 rings (SSSR count). The van der Waals surface area contributed by atoms with Crippen molar-refractivity contribution >= 4 is 17.6 Å². The summed E-state index contributed by atoms with van der Waals surface area (Å²) in [6.07, 6.45) is 0.856. The van der Waals surface area contributed by atoms with Crippen LogP contribution < -0.4 is 16.4 Å². The molecule has 0 bridgehead atoms. The quantitative estimate of drug-likeness (QED) is 0.274. The lowest BCUT2D eigenvalue weighted by Crippen LogP contribution is -2.30. The second kappa shape index (κ2) is 6.37. The van der Waals surface area contributed by atoms with Crippen molar-refractivity contribution in [3.05, 3.63) is 29.8 Å². The van der Waals surface area contributed by atoms with Gasteiger partial charge in [-0.25, -0.2) is 4.79 Å². The number of rotatable bonds is 4. The molecule has 0 aliphatic carbocycles. The molecule has 6 nitrogen and oxygen atoms in total. The Hall–Kier alpha value is -2.24. The third-order valence-corrected chi connectivity index (χ3v) is 2.09. The van der Waals surface area contributed by atoms with Gasteiger partial charge in [0.15, 0.2) is 5.84 Å². The maximum absolute atomic E-state index is 11.5. The fourth-order valence-electron chi connectivity index (χ4n) is 1.27. The molecule has 0 saturated carbocycles. The molecule has 0 spiro atoms. The standard InChI is InChI=1S/C11H16N4O2/c1-2-7-13-11(16)14-9-6-4-3-5-8(9)10(12)15-17/h3-6,17H,2,7H2,1H3,(H2,12,15)(H2,13,14,16). The van der Waals surface area contributed by atoms with Gasteiger partial charge in [-0.3, -0.25) is 0 Å². The minimum atomic E-state index is -0.315. The lowest BCUT2D eigenvalue weighted by Gasteiger charge is -2.10. The fourth-order valence-corrected chi connectivity index (χ4v) is 1.27. The Kier molecular flexibility index (Phi) is 4.80. The van der Waals surface area contributed by atoms with E-state index in [1.165, 1.54) is 0 Å². The molecule has 6 heteroatoms. The van der Waals surface area contributed by atoms with Crippen LogP contribution in [0.2, 0.25) is 0 Å². The van der Waals surface area contributed by atoms with Gasteiger partial charge in [0.25, 0.3) is 0 Å². The predicted molar refractivity (Wildman–Crippen MR) is 66.3 cm³/mol. The summed E-state index contributed by atoms with van der Waals surface area (Å²) in [5, 5.41) is 16.8. The minimum Gasteiger partial charge on any atom is -0.409 e. The lowest BCUT2D eigenvalue weighted by molar-refractivity contribution is 0.252. The molecular formula is C11H16N4O2. The number of oxime groups is 1. The summed E-state index contributed by atoms with van der Waals surface area (Å²) in [6, 6.07) is 6.51. The number of amidine groups is 1. The zero-order valence-electron chi connectivity index (χ0n) is 9.60. The van der Waals surface area contributed by atoms with E-state index in [1.54, 1.807) is 24.3 Å². The van der Waals surface area contributed by atoms with Crippen LogP contribution in [-0.4, -0.2) is 23.6 Å². The van der Waals surface area contributed by atoms with E-state index in [4.69, 9.17) is 10.9 Å². The van der Waals surface area contributed by atoms with E-state index in [2.05, 4.69) is 15.8 Å². The molecule has 0 fully saturated rings. The van der Waals surface area contributed by atoms with Crippen LogP contribution >= 0.6 is 0 Å². The SMILES string of the molecule is CCCNC(=O)Nc1ccccc1/C(N)=N/O. The van der Waals surface area contributed by atoms with E-state index in [0.29, 0.717) is 17.8 Å². The zero-order valence-corrected chi connectivity index (χ0v) is 9.60. The van der Waals surface area contributed by atoms with Gasteiger partial charge < -0.3 is 21.6 Å². The number of amides is 2. The molecule has 17 heavy (non-hydrogen) atoms. The first-order valence-corrected chi connectivity index (χ1v) is 5.30. The topological polar surface area (TPSA) is 99.7 Å². The van der Waals surface area contributed by atoms with Crippen molar-refractivity contribution < 1.29 is 10.0 Å². The maximum atomic E-state index is 11.5. The van der Waals surface area contributed by atoms with E-state index in [1.807, 2.05) is 6.92 Å². The first-order chi connectivity index (χ1) is 8.19. The highest BCUT2D eigenvalue weighted by Gasteiger charge is 2.08. The molecule has 0 aliphatic rings. The van der Waals surface area contributed by atoms with E-state index < -0.39 is 0 Å². The second-order valence-corrected chi connectivity index (χ2v) is 3.41. The van der Waals surface area contributed by atoms with Gasteiger partial charge in [0.2, 0.25) is 0 Å². The molecule has 0 radical (unpaired) electrons. The average Bonchev–Trinajstić information content (AvgIpc) is 2.36. The van der Waals surface area contributed by atoms with Gasteiger partial charge in [0.1, 0.15) is 0 Å². The molecule has 0 aromatic heterocycles. The maximum Gasteiger partial charge on any atom is 0.319 e. The highest BCUT2D eigenvalue weighted by atomic mass is 16.4. The van der Waals surface area contributed by atoms with Crippen molar-refractivity contribution in [3.8, 4) is 0 Å². The molecule has 0 heterocycles. The Bertz CT molecular complexity index is 418. The summed E-state index contributed by atoms with van der Waals surface area (Å²) >= 11 is 0. The van der Waals surface area contributed by atoms with Crippen LogP contribution in [0.5, 0.6) is 0 Å². The van der Waals surface area contributed by atoms with Crippen LogP contribution in [0.3, 0.4) is 0 Å². The summed E-state index contributed by atoms with van der Waals surface area (Å²) in [7, 11) is 0. The molecule has 0 aliphatic heterocycles. The lowest BCUT2D eigenvalue weighted by atomic mass is 10.1. The number of carbonyl (C=O) groups is 1. The number of nitrogens with one attached hydrogen (secondary N) is 2. The highest BCUT2D eigenvalue weighted by molar-refractivity contribution is 6.05. The number of nitrogens with two attached hydrogens (primary N) is 1. The van der Waals surface area contributed by atoms with Gasteiger partial charge in [0.05, 0.1) is 5.69 Å². The van der Waals surface area contributed by atoms with Crippen molar-refractivity contribution in [2.45, 2.75) is 13.3 Å². The van der Waals surface area contributed by atoms with E-state index >= 15 is 0 Å². The molecule has 0 atom stereocenters. The van der Waals surface area contributed by atoms with Crippen LogP contribution in [0, 0.1) is 0 Å². The van der Waals surface area contributed by atoms with Gasteiger partial charge in [-0.15, -0.1) is 0 Å². The van der Waals surface area contributed by atoms with Gasteiger partial charge in [0, 0.05) is 12.1 Å². The number of hydrogen-bond donors (Lipinski definition) is 4. The minimum absolute atomic E-state index is 0.0450. The largest absolute Gasteiger partial charge is 0.409 e. The predicted octanol–water partition coefficient (Wildman–Crippen LogP) is 1.31. The second-order valence-electron chi connectivity index (χ2n) is 3.41. The Balaban J connectivity index is 2.80. The summed E-state index contributed by atoms with van der Waals surface area (Å²) in [6.45, 7) is 2.56. The molecule has 2 amide bonds. The summed E-state index contributed by atoms with van der Waals surface area (Å²) in [5.41, 5.74) is 6.47. The smallest absolute Gasteiger partial charge is 0.319 e. The summed E-state index contributed by atoms with van der Waals surface area (Å²) < 4.78 is 0. The Labute approximate surface area is 99.5 Å². The number of benzene rings is 1. The van der Waals surface area contributed by atoms with Gasteiger partial charge >= 0.3 is 6.03 Å². The molecule has 1 aromatic rings. The molecule has 5 N–H and O–H groups in total. The number of nitrogens with zero attached hydrogens (tertiary/aromatic N) is 1. The van der Waals surface area contributed by atoms with Gasteiger partial charge in [-0.2, -0.15) is 0 Å². The number of carbonyl (C=O) groups excluding carboxylic acids is 1. The fraction of sp³-hybridized carbons (Fsp3) is 0.273. The molecule has 92 valence electrons. The normalized spacial score (nSPS) is 11.0. The number of urea groups is 1. The Morgan fingerprint density at radius 1 is 1.47 bits per heavy atom. The third kappa shape index (κ3) is 3.67. The van der Waals surface area contributed by atoms with Crippen molar-refractivity contribution in [2.24, 2.45) is 10.9 Å². The van der Waals surface area contributed by atoms with Crippen LogP contribution in [0.4, 0.5) is 10.5 Å². The summed E-state index contributed by atoms with van der Waals surface area (Å²) in [4.78, 5) is 11.5. The van der Waals surface area contributed by atoms with Gasteiger partial charge in [-0.05, 0) is 18.6 Å². The molecular weight excluding hydrogens is 220 g/mol. The molecule has 0 unspecified atom stereocenters. The van der Waals surface area contributed by atoms with E-state index in [-0.39, 0.29) is 11.9 Å². The van der Waals surface area contributed by atoms with E-state index in [9.17, 15) is 4.79 Å².